The third-order valence-electron chi connectivity index (χ3n) is 3.12. The predicted molar refractivity (Wildman–Crippen MR) is 66.9 cm³/mol. The van der Waals surface area contributed by atoms with Gasteiger partial charge in [-0.3, -0.25) is 9.59 Å². The lowest BCUT2D eigenvalue weighted by atomic mass is 10.1. The molecule has 19 heavy (non-hydrogen) atoms. The number of nitrogens with zero attached hydrogens (tertiary/aromatic N) is 1. The van der Waals surface area contributed by atoms with Gasteiger partial charge in [-0.2, -0.15) is 4.90 Å². The highest BCUT2D eigenvalue weighted by Gasteiger charge is 2.42. The van der Waals surface area contributed by atoms with Crippen molar-refractivity contribution in [1.29, 1.82) is 0 Å². The zero-order chi connectivity index (χ0) is 13.8. The Morgan fingerprint density at radius 1 is 1.32 bits per heavy atom. The van der Waals surface area contributed by atoms with Crippen LogP contribution >= 0.6 is 0 Å². The predicted octanol–water partition coefficient (Wildman–Crippen LogP) is 2.11. The average Bonchev–Trinajstić information content (AvgIpc) is 2.72. The summed E-state index contributed by atoms with van der Waals surface area (Å²) in [4.78, 5) is 35.8. The summed E-state index contributed by atoms with van der Waals surface area (Å²) in [6, 6.07) is 9.10. The fraction of sp³-hybridized carbons (Fsp3) is 0.357. The molecule has 100 valence electrons. The third kappa shape index (κ3) is 2.81. The topological polar surface area (TPSA) is 63.7 Å². The van der Waals surface area contributed by atoms with Crippen LogP contribution in [0.25, 0.3) is 0 Å². The molecule has 1 aromatic rings. The van der Waals surface area contributed by atoms with E-state index in [4.69, 9.17) is 4.74 Å². The minimum absolute atomic E-state index is 0.0491. The summed E-state index contributed by atoms with van der Waals surface area (Å²) in [6.45, 7) is 1.86. The average molecular weight is 261 g/mol. The highest BCUT2D eigenvalue weighted by molar-refractivity contribution is 6.14. The number of carbonyl (C=O) groups excluding carboxylic acids is 3. The van der Waals surface area contributed by atoms with Crippen LogP contribution in [0, 0.1) is 5.92 Å². The summed E-state index contributed by atoms with van der Waals surface area (Å²) in [5.41, 5.74) is 0.807. The van der Waals surface area contributed by atoms with Crippen molar-refractivity contribution < 1.29 is 19.1 Å². The van der Waals surface area contributed by atoms with Crippen molar-refractivity contribution in [3.63, 3.8) is 0 Å². The summed E-state index contributed by atoms with van der Waals surface area (Å²) in [5, 5.41) is 0. The molecule has 1 aliphatic rings. The number of rotatable bonds is 3. The molecule has 2 rings (SSSR count). The molecule has 1 unspecified atom stereocenters. The van der Waals surface area contributed by atoms with Gasteiger partial charge < -0.3 is 4.74 Å². The normalized spacial score (nSPS) is 18.8. The monoisotopic (exact) mass is 261 g/mol. The molecule has 1 fully saturated rings. The van der Waals surface area contributed by atoms with Crippen LogP contribution in [0.3, 0.4) is 0 Å². The van der Waals surface area contributed by atoms with Gasteiger partial charge in [0.15, 0.2) is 0 Å². The van der Waals surface area contributed by atoms with Crippen LogP contribution in [0.15, 0.2) is 30.3 Å². The molecule has 0 radical (unpaired) electrons. The Balaban J connectivity index is 1.97. The fourth-order valence-corrected chi connectivity index (χ4v) is 1.99. The van der Waals surface area contributed by atoms with E-state index in [1.807, 2.05) is 25.1 Å². The van der Waals surface area contributed by atoms with E-state index in [2.05, 4.69) is 0 Å². The van der Waals surface area contributed by atoms with Crippen LogP contribution in [-0.4, -0.2) is 22.8 Å². The molecule has 1 saturated heterocycles. The van der Waals surface area contributed by atoms with E-state index < -0.39 is 23.8 Å². The lowest BCUT2D eigenvalue weighted by molar-refractivity contribution is -0.137. The van der Waals surface area contributed by atoms with E-state index in [0.717, 1.165) is 5.56 Å². The van der Waals surface area contributed by atoms with Crippen molar-refractivity contribution in [3.8, 4) is 0 Å². The molecule has 1 heterocycles. The minimum atomic E-state index is -0.880. The zero-order valence-corrected chi connectivity index (χ0v) is 10.7. The van der Waals surface area contributed by atoms with E-state index in [-0.39, 0.29) is 13.0 Å². The standard InChI is InChI=1S/C14H15NO4/c1-2-11-8-12(16)15(13(11)17)14(18)19-9-10-6-4-3-5-7-10/h3-7,11H,2,8-9H2,1H3. The largest absolute Gasteiger partial charge is 0.444 e. The highest BCUT2D eigenvalue weighted by Crippen LogP contribution is 2.23. The summed E-state index contributed by atoms with van der Waals surface area (Å²) < 4.78 is 4.99. The molecule has 5 heteroatoms. The lowest BCUT2D eigenvalue weighted by Crippen LogP contribution is -2.37. The van der Waals surface area contributed by atoms with Gasteiger partial charge in [-0.05, 0) is 12.0 Å². The maximum absolute atomic E-state index is 11.8. The Morgan fingerprint density at radius 3 is 2.58 bits per heavy atom. The van der Waals surface area contributed by atoms with Crippen molar-refractivity contribution in [2.45, 2.75) is 26.4 Å². The number of imide groups is 3. The van der Waals surface area contributed by atoms with E-state index in [0.29, 0.717) is 11.3 Å². The molecule has 3 amide bonds. The minimum Gasteiger partial charge on any atom is -0.444 e. The van der Waals surface area contributed by atoms with Gasteiger partial charge in [0.1, 0.15) is 6.61 Å². The van der Waals surface area contributed by atoms with Crippen LogP contribution in [0.4, 0.5) is 4.79 Å². The van der Waals surface area contributed by atoms with Crippen molar-refractivity contribution >= 4 is 17.9 Å². The number of hydrogen-bond donors (Lipinski definition) is 0. The number of likely N-dealkylation sites (tertiary alicyclic amines) is 1. The highest BCUT2D eigenvalue weighted by atomic mass is 16.6. The molecule has 0 saturated carbocycles. The quantitative estimate of drug-likeness (QED) is 0.782. The molecule has 0 bridgehead atoms. The SMILES string of the molecule is CCC1CC(=O)N(C(=O)OCc2ccccc2)C1=O. The molecule has 0 aliphatic carbocycles. The van der Waals surface area contributed by atoms with Crippen molar-refractivity contribution in [2.75, 3.05) is 0 Å². The Labute approximate surface area is 111 Å². The first-order valence-electron chi connectivity index (χ1n) is 6.21. The first-order chi connectivity index (χ1) is 9.13. The zero-order valence-electron chi connectivity index (χ0n) is 10.7. The van der Waals surface area contributed by atoms with E-state index in [1.165, 1.54) is 0 Å². The fourth-order valence-electron chi connectivity index (χ4n) is 1.99. The summed E-state index contributed by atoms with van der Waals surface area (Å²) in [6.07, 6.45) is -0.238. The smallest absolute Gasteiger partial charge is 0.423 e. The van der Waals surface area contributed by atoms with Crippen LogP contribution in [0.1, 0.15) is 25.3 Å². The van der Waals surface area contributed by atoms with Gasteiger partial charge in [-0.15, -0.1) is 0 Å². The molecule has 1 aromatic carbocycles. The van der Waals surface area contributed by atoms with E-state index in [1.54, 1.807) is 12.1 Å². The lowest BCUT2D eigenvalue weighted by Gasteiger charge is -2.13. The second kappa shape index (κ2) is 5.65. The third-order valence-corrected chi connectivity index (χ3v) is 3.12. The van der Waals surface area contributed by atoms with Gasteiger partial charge in [0.05, 0.1) is 0 Å². The second-order valence-electron chi connectivity index (χ2n) is 4.42. The Bertz CT molecular complexity index is 497. The van der Waals surface area contributed by atoms with Gasteiger partial charge in [0.2, 0.25) is 11.8 Å². The van der Waals surface area contributed by atoms with Crippen LogP contribution in [0.2, 0.25) is 0 Å². The molecule has 0 N–H and O–H groups in total. The number of hydrogen-bond acceptors (Lipinski definition) is 4. The molecular formula is C14H15NO4. The van der Waals surface area contributed by atoms with Gasteiger partial charge >= 0.3 is 6.09 Å². The number of carbonyl (C=O) groups is 3. The van der Waals surface area contributed by atoms with Crippen LogP contribution in [0.5, 0.6) is 0 Å². The summed E-state index contributed by atoms with van der Waals surface area (Å²) >= 11 is 0. The van der Waals surface area contributed by atoms with Crippen LogP contribution < -0.4 is 0 Å². The van der Waals surface area contributed by atoms with Gasteiger partial charge in [0.25, 0.3) is 0 Å². The van der Waals surface area contributed by atoms with Gasteiger partial charge in [-0.25, -0.2) is 4.79 Å². The Hall–Kier alpha value is -2.17. The molecule has 1 aliphatic heterocycles. The molecule has 1 atom stereocenters. The maximum atomic E-state index is 11.8. The number of ether oxygens (including phenoxy) is 1. The van der Waals surface area contributed by atoms with E-state index >= 15 is 0 Å². The maximum Gasteiger partial charge on any atom is 0.423 e. The van der Waals surface area contributed by atoms with Gasteiger partial charge in [0, 0.05) is 12.3 Å². The number of benzene rings is 1. The molecule has 0 spiro atoms. The summed E-state index contributed by atoms with van der Waals surface area (Å²) in [5.74, 6) is -1.32. The van der Waals surface area contributed by atoms with Gasteiger partial charge in [-0.1, -0.05) is 37.3 Å². The van der Waals surface area contributed by atoms with Crippen LogP contribution in [-0.2, 0) is 20.9 Å². The molecule has 0 aromatic heterocycles. The van der Waals surface area contributed by atoms with Crippen molar-refractivity contribution in [1.82, 2.24) is 4.90 Å². The Morgan fingerprint density at radius 2 is 2.00 bits per heavy atom. The summed E-state index contributed by atoms with van der Waals surface area (Å²) in [7, 11) is 0. The van der Waals surface area contributed by atoms with Crippen molar-refractivity contribution in [2.24, 2.45) is 5.92 Å². The molecule has 5 nitrogen and oxygen atoms in total. The Kier molecular flexibility index (Phi) is 3.94. The number of amides is 3. The first-order valence-corrected chi connectivity index (χ1v) is 6.21. The van der Waals surface area contributed by atoms with E-state index in [9.17, 15) is 14.4 Å². The first kappa shape index (κ1) is 13.3. The van der Waals surface area contributed by atoms with Crippen molar-refractivity contribution in [3.05, 3.63) is 35.9 Å². The molecular weight excluding hydrogens is 246 g/mol. The second-order valence-corrected chi connectivity index (χ2v) is 4.42.